The number of rotatable bonds is 3. The number of halogens is 12. The molecule has 2 heterocycles. The van der Waals surface area contributed by atoms with Crippen molar-refractivity contribution < 1.29 is 52.7 Å². The first-order valence-corrected chi connectivity index (χ1v) is 16.7. The summed E-state index contributed by atoms with van der Waals surface area (Å²) < 4.78 is 173. The van der Waals surface area contributed by atoms with Gasteiger partial charge in [0.05, 0.1) is 50.2 Å². The van der Waals surface area contributed by atoms with Gasteiger partial charge in [-0.25, -0.2) is 0 Å². The summed E-state index contributed by atoms with van der Waals surface area (Å²) in [6.45, 7) is 1.81. The second-order valence-electron chi connectivity index (χ2n) is 13.5. The number of nitrogens with zero attached hydrogens (tertiary/aromatic N) is 2. The summed E-state index contributed by atoms with van der Waals surface area (Å²) in [5, 5.41) is 0.372. The molecule has 0 N–H and O–H groups in total. The van der Waals surface area contributed by atoms with Crippen LogP contribution in [0.25, 0.3) is 61.3 Å². The summed E-state index contributed by atoms with van der Waals surface area (Å²) in [6, 6.07) is 17.3. The Morgan fingerprint density at radius 1 is 0.491 bits per heavy atom. The maximum atomic E-state index is 14.7. The van der Waals surface area contributed by atoms with Gasteiger partial charge < -0.3 is 9.13 Å². The van der Waals surface area contributed by atoms with Crippen molar-refractivity contribution in [3.63, 3.8) is 0 Å². The highest BCUT2D eigenvalue weighted by Crippen LogP contribution is 2.45. The molecule has 55 heavy (non-hydrogen) atoms. The molecule has 7 aromatic rings. The van der Waals surface area contributed by atoms with Gasteiger partial charge in [0.15, 0.2) is 0 Å². The minimum atomic E-state index is -4.97. The SMILES string of the molecule is CC1C=Cc2c(c3cc(C(F)(F)F)ccc3n2-c2cc(-c3ccc(C(F)(F)F)c(-n4c5ccccc5c5cc(C(F)(F)F)ccc54)c3)ccc2C(F)(F)F)C1. The number of allylic oxidation sites excluding steroid dienone is 1. The van der Waals surface area contributed by atoms with Crippen molar-refractivity contribution >= 4 is 38.8 Å². The number of hydrogen-bond acceptors (Lipinski definition) is 0. The second kappa shape index (κ2) is 12.2. The minimum absolute atomic E-state index is 0.0228. The van der Waals surface area contributed by atoms with Gasteiger partial charge in [-0.2, -0.15) is 52.7 Å². The number of benzene rings is 5. The van der Waals surface area contributed by atoms with E-state index in [1.165, 1.54) is 33.4 Å². The van der Waals surface area contributed by atoms with Crippen LogP contribution in [0, 0.1) is 5.92 Å². The lowest BCUT2D eigenvalue weighted by atomic mass is 9.93. The Labute approximate surface area is 303 Å². The monoisotopic (exact) mass is 772 g/mol. The zero-order chi connectivity index (χ0) is 39.4. The first-order valence-electron chi connectivity index (χ1n) is 16.7. The lowest BCUT2D eigenvalue weighted by Gasteiger charge is -2.21. The topological polar surface area (TPSA) is 9.86 Å². The van der Waals surface area contributed by atoms with Crippen LogP contribution in [-0.4, -0.2) is 9.13 Å². The maximum Gasteiger partial charge on any atom is 0.418 e. The van der Waals surface area contributed by atoms with E-state index in [0.29, 0.717) is 5.56 Å². The second-order valence-corrected chi connectivity index (χ2v) is 13.5. The van der Waals surface area contributed by atoms with Gasteiger partial charge in [-0.1, -0.05) is 43.3 Å². The molecule has 0 bridgehead atoms. The molecular formula is C41H24F12N2. The Bertz CT molecular complexity index is 2700. The highest BCUT2D eigenvalue weighted by Gasteiger charge is 2.38. The van der Waals surface area contributed by atoms with Crippen LogP contribution in [-0.2, 0) is 31.1 Å². The quantitative estimate of drug-likeness (QED) is 0.158. The Hall–Kier alpha value is -5.66. The van der Waals surface area contributed by atoms with Crippen molar-refractivity contribution in [2.75, 3.05) is 0 Å². The van der Waals surface area contributed by atoms with Crippen molar-refractivity contribution in [1.29, 1.82) is 0 Å². The van der Waals surface area contributed by atoms with Gasteiger partial charge >= 0.3 is 24.7 Å². The molecule has 0 spiro atoms. The van der Waals surface area contributed by atoms with Gasteiger partial charge in [0.2, 0.25) is 0 Å². The highest BCUT2D eigenvalue weighted by molar-refractivity contribution is 6.09. The maximum absolute atomic E-state index is 14.7. The summed E-state index contributed by atoms with van der Waals surface area (Å²) >= 11 is 0. The van der Waals surface area contributed by atoms with Crippen molar-refractivity contribution in [3.05, 3.63) is 137 Å². The largest absolute Gasteiger partial charge is 0.418 e. The molecule has 8 rings (SSSR count). The molecule has 2 aromatic heterocycles. The molecule has 0 saturated heterocycles. The standard InChI is InChI=1S/C41H24F12N2/c1-21-6-13-33-27(16-21)29-20-25(39(45,46)47)10-15-35(29)55(33)37-18-23(8-12-31(37)41(51,52)53)22-7-11-30(40(48,49)50)36(17-22)54-32-5-3-2-4-26(32)28-19-24(38(42,43)44)9-14-34(28)54/h2-15,17-21H,16H2,1H3. The fourth-order valence-electron chi connectivity index (χ4n) is 7.53. The molecule has 1 atom stereocenters. The van der Waals surface area contributed by atoms with E-state index >= 15 is 0 Å². The first-order chi connectivity index (χ1) is 25.7. The Morgan fingerprint density at radius 3 is 1.53 bits per heavy atom. The van der Waals surface area contributed by atoms with E-state index in [1.54, 1.807) is 12.2 Å². The van der Waals surface area contributed by atoms with Crippen molar-refractivity contribution in [1.82, 2.24) is 9.13 Å². The van der Waals surface area contributed by atoms with Crippen LogP contribution >= 0.6 is 0 Å². The predicted octanol–water partition coefficient (Wildman–Crippen LogP) is 13.7. The third kappa shape index (κ3) is 6.11. The van der Waals surface area contributed by atoms with Crippen LogP contribution in [0.2, 0.25) is 0 Å². The van der Waals surface area contributed by atoms with Gasteiger partial charge in [0.1, 0.15) is 0 Å². The molecule has 0 aliphatic heterocycles. The van der Waals surface area contributed by atoms with E-state index in [4.69, 9.17) is 0 Å². The average molecular weight is 773 g/mol. The molecule has 1 unspecified atom stereocenters. The third-order valence-electron chi connectivity index (χ3n) is 9.97. The summed E-state index contributed by atoms with van der Waals surface area (Å²) in [6.07, 6.45) is -15.9. The number of aromatic nitrogens is 2. The number of alkyl halides is 12. The summed E-state index contributed by atoms with van der Waals surface area (Å²) in [5.41, 5.74) is -4.30. The fraction of sp³-hybridized carbons (Fsp3) is 0.171. The van der Waals surface area contributed by atoms with E-state index < -0.39 is 58.3 Å². The van der Waals surface area contributed by atoms with Crippen LogP contribution in [0.3, 0.4) is 0 Å². The van der Waals surface area contributed by atoms with E-state index in [0.717, 1.165) is 72.8 Å². The molecule has 2 nitrogen and oxygen atoms in total. The van der Waals surface area contributed by atoms with E-state index in [9.17, 15) is 52.7 Å². The lowest BCUT2D eigenvalue weighted by Crippen LogP contribution is -2.13. The molecule has 14 heteroatoms. The van der Waals surface area contributed by atoms with Gasteiger partial charge in [0.25, 0.3) is 0 Å². The Kier molecular flexibility index (Phi) is 8.04. The zero-order valence-corrected chi connectivity index (χ0v) is 28.1. The van der Waals surface area contributed by atoms with Crippen LogP contribution in [0.4, 0.5) is 52.7 Å². The Morgan fingerprint density at radius 2 is 0.982 bits per heavy atom. The van der Waals surface area contributed by atoms with Crippen LogP contribution in [0.1, 0.15) is 40.4 Å². The predicted molar refractivity (Wildman–Crippen MR) is 185 cm³/mol. The Balaban J connectivity index is 1.39. The number of hydrogen-bond donors (Lipinski definition) is 0. The first kappa shape index (κ1) is 36.3. The summed E-state index contributed by atoms with van der Waals surface area (Å²) in [5.74, 6) is -0.138. The normalized spacial score (nSPS) is 15.4. The van der Waals surface area contributed by atoms with E-state index in [2.05, 4.69) is 0 Å². The fourth-order valence-corrected chi connectivity index (χ4v) is 7.53. The van der Waals surface area contributed by atoms with Crippen LogP contribution in [0.15, 0.2) is 103 Å². The molecule has 5 aromatic carbocycles. The molecule has 0 fully saturated rings. The molecule has 0 saturated carbocycles. The minimum Gasteiger partial charge on any atom is -0.309 e. The van der Waals surface area contributed by atoms with Gasteiger partial charge in [0, 0.05) is 21.9 Å². The van der Waals surface area contributed by atoms with Gasteiger partial charge in [-0.05, 0) is 102 Å². The lowest BCUT2D eigenvalue weighted by molar-refractivity contribution is -0.138. The van der Waals surface area contributed by atoms with Crippen molar-refractivity contribution in [2.24, 2.45) is 5.92 Å². The molecule has 0 amide bonds. The van der Waals surface area contributed by atoms with Gasteiger partial charge in [-0.3, -0.25) is 0 Å². The van der Waals surface area contributed by atoms with E-state index in [1.807, 2.05) is 6.92 Å². The molecule has 282 valence electrons. The number of fused-ring (bicyclic) bond motifs is 6. The third-order valence-corrected chi connectivity index (χ3v) is 9.97. The molecule has 1 aliphatic carbocycles. The molecular weight excluding hydrogens is 748 g/mol. The average Bonchev–Trinajstić information content (AvgIpc) is 3.61. The molecule has 0 radical (unpaired) electrons. The smallest absolute Gasteiger partial charge is 0.309 e. The van der Waals surface area contributed by atoms with Crippen molar-refractivity contribution in [2.45, 2.75) is 38.0 Å². The summed E-state index contributed by atoms with van der Waals surface area (Å²) in [4.78, 5) is 0. The zero-order valence-electron chi connectivity index (χ0n) is 28.1. The van der Waals surface area contributed by atoms with Crippen LogP contribution in [0.5, 0.6) is 0 Å². The van der Waals surface area contributed by atoms with Crippen molar-refractivity contribution in [3.8, 4) is 22.5 Å². The van der Waals surface area contributed by atoms with Crippen LogP contribution < -0.4 is 0 Å². The molecule has 1 aliphatic rings. The van der Waals surface area contributed by atoms with Gasteiger partial charge in [-0.15, -0.1) is 0 Å². The number of para-hydroxylation sites is 1. The highest BCUT2D eigenvalue weighted by atomic mass is 19.4. The van der Waals surface area contributed by atoms with E-state index in [-0.39, 0.29) is 61.9 Å². The summed E-state index contributed by atoms with van der Waals surface area (Å²) in [7, 11) is 0.